The number of hydrogen-bond donors (Lipinski definition) is 0. The molecule has 0 bridgehead atoms. The predicted octanol–water partition coefficient (Wildman–Crippen LogP) is 1.90. The van der Waals surface area contributed by atoms with Crippen LogP contribution in [0.5, 0.6) is 0 Å². The molecule has 1 aromatic carbocycles. The van der Waals surface area contributed by atoms with Crippen LogP contribution in [0.1, 0.15) is 5.56 Å². The lowest BCUT2D eigenvalue weighted by atomic mass is 10.1. The van der Waals surface area contributed by atoms with Crippen LogP contribution in [0.3, 0.4) is 0 Å². The Morgan fingerprint density at radius 1 is 1.29 bits per heavy atom. The maximum atomic E-state index is 11.6. The van der Waals surface area contributed by atoms with Crippen molar-refractivity contribution in [2.24, 2.45) is 0 Å². The second kappa shape index (κ2) is 2.89. The summed E-state index contributed by atoms with van der Waals surface area (Å²) in [5.41, 5.74) is 2.10. The van der Waals surface area contributed by atoms with E-state index in [0.717, 1.165) is 33.7 Å². The fourth-order valence-electron chi connectivity index (χ4n) is 1.82. The molecule has 1 aromatic heterocycles. The SMILES string of the molecule is O=S1CCc2cc3ccccc3nc21. The Kier molecular flexibility index (Phi) is 1.67. The van der Waals surface area contributed by atoms with Crippen molar-refractivity contribution in [1.29, 1.82) is 0 Å². The largest absolute Gasteiger partial charge is 0.253 e. The van der Waals surface area contributed by atoms with Gasteiger partial charge in [-0.3, -0.25) is 4.21 Å². The molecule has 70 valence electrons. The number of aromatic nitrogens is 1. The average molecular weight is 203 g/mol. The number of aryl methyl sites for hydroxylation is 1. The molecule has 0 N–H and O–H groups in total. The molecular weight excluding hydrogens is 194 g/mol. The Balaban J connectivity index is 2.38. The number of fused-ring (bicyclic) bond motifs is 2. The molecule has 0 amide bonds. The highest BCUT2D eigenvalue weighted by atomic mass is 32.2. The highest BCUT2D eigenvalue weighted by molar-refractivity contribution is 7.85. The Morgan fingerprint density at radius 3 is 3.07 bits per heavy atom. The normalized spacial score (nSPS) is 19.9. The summed E-state index contributed by atoms with van der Waals surface area (Å²) >= 11 is 0. The van der Waals surface area contributed by atoms with Gasteiger partial charge in [-0.2, -0.15) is 0 Å². The van der Waals surface area contributed by atoms with Crippen molar-refractivity contribution in [1.82, 2.24) is 4.98 Å². The van der Waals surface area contributed by atoms with Gasteiger partial charge in [0.1, 0.15) is 5.03 Å². The van der Waals surface area contributed by atoms with Gasteiger partial charge in [0.25, 0.3) is 0 Å². The van der Waals surface area contributed by atoms with Crippen molar-refractivity contribution in [2.45, 2.75) is 11.4 Å². The molecule has 1 unspecified atom stereocenters. The molecule has 0 aliphatic carbocycles. The van der Waals surface area contributed by atoms with Gasteiger partial charge in [-0.05, 0) is 24.1 Å². The highest BCUT2D eigenvalue weighted by Gasteiger charge is 2.19. The molecule has 1 aliphatic rings. The molecule has 2 nitrogen and oxygen atoms in total. The van der Waals surface area contributed by atoms with Crippen LogP contribution in [-0.2, 0) is 17.2 Å². The molecule has 2 aromatic rings. The summed E-state index contributed by atoms with van der Waals surface area (Å²) < 4.78 is 11.6. The van der Waals surface area contributed by atoms with Crippen molar-refractivity contribution in [3.05, 3.63) is 35.9 Å². The predicted molar refractivity (Wildman–Crippen MR) is 56.7 cm³/mol. The van der Waals surface area contributed by atoms with Gasteiger partial charge >= 0.3 is 0 Å². The Bertz CT molecular complexity index is 536. The van der Waals surface area contributed by atoms with Crippen LogP contribution < -0.4 is 0 Å². The van der Waals surface area contributed by atoms with E-state index in [0.29, 0.717) is 0 Å². The van der Waals surface area contributed by atoms with Crippen LogP contribution in [0.25, 0.3) is 10.9 Å². The maximum Gasteiger partial charge on any atom is 0.131 e. The summed E-state index contributed by atoms with van der Waals surface area (Å²) in [7, 11) is -0.865. The Morgan fingerprint density at radius 2 is 2.14 bits per heavy atom. The van der Waals surface area contributed by atoms with Gasteiger partial charge in [-0.25, -0.2) is 4.98 Å². The van der Waals surface area contributed by atoms with Gasteiger partial charge in [0.15, 0.2) is 0 Å². The molecule has 0 saturated carbocycles. The molecule has 0 saturated heterocycles. The van der Waals surface area contributed by atoms with Gasteiger partial charge in [0, 0.05) is 11.1 Å². The minimum absolute atomic E-state index is 0.735. The van der Waals surface area contributed by atoms with Gasteiger partial charge in [-0.15, -0.1) is 0 Å². The van der Waals surface area contributed by atoms with E-state index in [2.05, 4.69) is 11.1 Å². The van der Waals surface area contributed by atoms with Crippen LogP contribution in [0, 0.1) is 0 Å². The fraction of sp³-hybridized carbons (Fsp3) is 0.182. The Labute approximate surface area is 84.4 Å². The zero-order valence-corrected chi connectivity index (χ0v) is 8.38. The zero-order chi connectivity index (χ0) is 9.54. The van der Waals surface area contributed by atoms with Crippen LogP contribution in [-0.4, -0.2) is 14.9 Å². The smallest absolute Gasteiger partial charge is 0.131 e. The van der Waals surface area contributed by atoms with Crippen molar-refractivity contribution < 1.29 is 4.21 Å². The zero-order valence-electron chi connectivity index (χ0n) is 7.56. The molecule has 0 fully saturated rings. The third kappa shape index (κ3) is 1.09. The molecule has 14 heavy (non-hydrogen) atoms. The van der Waals surface area contributed by atoms with Crippen LogP contribution >= 0.6 is 0 Å². The third-order valence-electron chi connectivity index (χ3n) is 2.54. The van der Waals surface area contributed by atoms with Gasteiger partial charge < -0.3 is 0 Å². The molecule has 2 heterocycles. The van der Waals surface area contributed by atoms with Gasteiger partial charge in [0.05, 0.1) is 16.3 Å². The first-order valence-electron chi connectivity index (χ1n) is 4.61. The first-order chi connectivity index (χ1) is 6.84. The fourth-order valence-corrected chi connectivity index (χ4v) is 3.07. The van der Waals surface area contributed by atoms with Crippen molar-refractivity contribution >= 4 is 21.7 Å². The summed E-state index contributed by atoms with van der Waals surface area (Å²) in [6.45, 7) is 0. The minimum atomic E-state index is -0.865. The molecule has 0 spiro atoms. The van der Waals surface area contributed by atoms with E-state index >= 15 is 0 Å². The third-order valence-corrected chi connectivity index (χ3v) is 3.90. The lowest BCUT2D eigenvalue weighted by Gasteiger charge is -2.00. The first-order valence-corrected chi connectivity index (χ1v) is 5.93. The molecule has 1 atom stereocenters. The maximum absolute atomic E-state index is 11.6. The number of rotatable bonds is 0. The first kappa shape index (κ1) is 8.12. The number of nitrogens with zero attached hydrogens (tertiary/aromatic N) is 1. The Hall–Kier alpha value is -1.22. The van der Waals surface area contributed by atoms with E-state index in [1.54, 1.807) is 0 Å². The van der Waals surface area contributed by atoms with Gasteiger partial charge in [-0.1, -0.05) is 18.2 Å². The van der Waals surface area contributed by atoms with E-state index in [1.807, 2.05) is 24.3 Å². The van der Waals surface area contributed by atoms with E-state index in [9.17, 15) is 4.21 Å². The highest BCUT2D eigenvalue weighted by Crippen LogP contribution is 2.24. The molecule has 3 heteroatoms. The molecule has 1 aliphatic heterocycles. The van der Waals surface area contributed by atoms with Crippen molar-refractivity contribution in [2.75, 3.05) is 5.75 Å². The number of hydrogen-bond acceptors (Lipinski definition) is 2. The van der Waals surface area contributed by atoms with Crippen LogP contribution in [0.4, 0.5) is 0 Å². The van der Waals surface area contributed by atoms with E-state index < -0.39 is 10.8 Å². The van der Waals surface area contributed by atoms with Crippen molar-refractivity contribution in [3.63, 3.8) is 0 Å². The van der Waals surface area contributed by atoms with E-state index in [-0.39, 0.29) is 0 Å². The van der Waals surface area contributed by atoms with E-state index in [1.165, 1.54) is 0 Å². The minimum Gasteiger partial charge on any atom is -0.253 e. The van der Waals surface area contributed by atoms with Crippen molar-refractivity contribution in [3.8, 4) is 0 Å². The van der Waals surface area contributed by atoms with Gasteiger partial charge in [0.2, 0.25) is 0 Å². The topological polar surface area (TPSA) is 30.0 Å². The second-order valence-electron chi connectivity index (χ2n) is 3.44. The molecular formula is C11H9NOS. The average Bonchev–Trinajstić information content (AvgIpc) is 2.57. The lowest BCUT2D eigenvalue weighted by Crippen LogP contribution is -1.91. The second-order valence-corrected chi connectivity index (χ2v) is 4.93. The lowest BCUT2D eigenvalue weighted by molar-refractivity contribution is 0.684. The number of pyridine rings is 1. The molecule has 0 radical (unpaired) electrons. The quantitative estimate of drug-likeness (QED) is 0.654. The summed E-state index contributed by atoms with van der Waals surface area (Å²) in [4.78, 5) is 4.44. The number of benzene rings is 1. The van der Waals surface area contributed by atoms with Crippen LogP contribution in [0.2, 0.25) is 0 Å². The molecule has 3 rings (SSSR count). The summed E-state index contributed by atoms with van der Waals surface area (Å²) in [5, 5.41) is 1.94. The number of para-hydroxylation sites is 1. The monoisotopic (exact) mass is 203 g/mol. The van der Waals surface area contributed by atoms with Crippen LogP contribution in [0.15, 0.2) is 35.4 Å². The summed E-state index contributed by atoms with van der Waals surface area (Å²) in [6.07, 6.45) is 0.903. The van der Waals surface area contributed by atoms with E-state index in [4.69, 9.17) is 0 Å². The summed E-state index contributed by atoms with van der Waals surface area (Å²) in [5.74, 6) is 0.735. The summed E-state index contributed by atoms with van der Waals surface area (Å²) in [6, 6.07) is 10.1. The standard InChI is InChI=1S/C11H9NOS/c13-14-6-5-9-7-8-3-1-2-4-10(8)12-11(9)14/h1-4,7H,5-6H2.